The number of amides is 1. The van der Waals surface area contributed by atoms with Gasteiger partial charge in [0.25, 0.3) is 5.78 Å². The molecule has 3 aromatic rings. The van der Waals surface area contributed by atoms with E-state index in [9.17, 15) is 19.5 Å². The predicted octanol–water partition coefficient (Wildman–Crippen LogP) is 5.11. The molecule has 1 aromatic heterocycles. The summed E-state index contributed by atoms with van der Waals surface area (Å²) in [6.07, 6.45) is 0.811. The van der Waals surface area contributed by atoms with Gasteiger partial charge in [0.2, 0.25) is 0 Å². The van der Waals surface area contributed by atoms with E-state index in [0.717, 1.165) is 23.4 Å². The number of aryl methyl sites for hydroxylation is 1. The highest BCUT2D eigenvalue weighted by atomic mass is 32.1. The van der Waals surface area contributed by atoms with Gasteiger partial charge >= 0.3 is 11.9 Å². The Morgan fingerprint density at radius 2 is 1.85 bits per heavy atom. The number of thiazole rings is 1. The first kappa shape index (κ1) is 27.8. The molecule has 10 heteroatoms. The number of hydrogen-bond acceptors (Lipinski definition) is 9. The van der Waals surface area contributed by atoms with Crippen LogP contribution in [0.3, 0.4) is 0 Å². The number of Topliss-reactive ketones (excluding diaryl/α,β-unsaturated/α-hetero) is 1. The van der Waals surface area contributed by atoms with E-state index < -0.39 is 23.7 Å². The highest BCUT2D eigenvalue weighted by Crippen LogP contribution is 2.44. The van der Waals surface area contributed by atoms with Crippen LogP contribution < -0.4 is 14.5 Å². The van der Waals surface area contributed by atoms with Crippen molar-refractivity contribution in [2.75, 3.05) is 37.1 Å². The molecule has 9 nitrogen and oxygen atoms in total. The fraction of sp³-hybridized carbons (Fsp3) is 0.310. The second-order valence-electron chi connectivity index (χ2n) is 9.16. The summed E-state index contributed by atoms with van der Waals surface area (Å²) < 4.78 is 10.8. The number of rotatable bonds is 9. The number of aliphatic hydroxyl groups is 1. The standard InChI is InChI=1S/C29H31N3O6S/c1-6-15-38-21-10-8-9-19(16-21)24(33)22-23(18-11-13-20(14-12-18)31(4)5)32(27(35)25(22)34)29-30-17(3)26(39-29)28(36)37-7-2/h8-14,16,23,33H,6-7,15H2,1-5H3/b24-22+. The molecule has 1 amide bonds. The van der Waals surface area contributed by atoms with Gasteiger partial charge in [0.05, 0.1) is 30.5 Å². The fourth-order valence-electron chi connectivity index (χ4n) is 4.28. The molecule has 0 bridgehead atoms. The Hall–Kier alpha value is -4.18. The van der Waals surface area contributed by atoms with Gasteiger partial charge in [-0.05, 0) is 50.1 Å². The van der Waals surface area contributed by atoms with Crippen LogP contribution in [0.4, 0.5) is 10.8 Å². The minimum absolute atomic E-state index is 0.0733. The van der Waals surface area contributed by atoms with Crippen molar-refractivity contribution < 1.29 is 29.0 Å². The summed E-state index contributed by atoms with van der Waals surface area (Å²) in [5.41, 5.74) is 2.18. The van der Waals surface area contributed by atoms with Crippen molar-refractivity contribution in [1.29, 1.82) is 0 Å². The van der Waals surface area contributed by atoms with Crippen LogP contribution in [0.15, 0.2) is 54.1 Å². The number of anilines is 2. The monoisotopic (exact) mass is 549 g/mol. The Bertz CT molecular complexity index is 1430. The maximum atomic E-state index is 13.5. The quantitative estimate of drug-likeness (QED) is 0.170. The summed E-state index contributed by atoms with van der Waals surface area (Å²) in [6.45, 7) is 6.02. The summed E-state index contributed by atoms with van der Waals surface area (Å²) in [5.74, 6) is -2.03. The molecule has 1 fully saturated rings. The van der Waals surface area contributed by atoms with Crippen molar-refractivity contribution in [3.05, 3.63) is 75.8 Å². The van der Waals surface area contributed by atoms with Crippen molar-refractivity contribution in [3.63, 3.8) is 0 Å². The van der Waals surface area contributed by atoms with E-state index in [2.05, 4.69) is 4.98 Å². The molecule has 0 aliphatic carbocycles. The van der Waals surface area contributed by atoms with Crippen molar-refractivity contribution in [2.24, 2.45) is 0 Å². The number of carbonyl (C=O) groups is 3. The Morgan fingerprint density at radius 1 is 1.13 bits per heavy atom. The summed E-state index contributed by atoms with van der Waals surface area (Å²) in [7, 11) is 3.81. The van der Waals surface area contributed by atoms with Gasteiger partial charge in [0.15, 0.2) is 5.13 Å². The highest BCUT2D eigenvalue weighted by Gasteiger charge is 2.48. The van der Waals surface area contributed by atoms with E-state index in [1.807, 2.05) is 38.1 Å². The maximum absolute atomic E-state index is 13.5. The number of benzene rings is 2. The maximum Gasteiger partial charge on any atom is 0.350 e. The van der Waals surface area contributed by atoms with E-state index in [4.69, 9.17) is 9.47 Å². The van der Waals surface area contributed by atoms with Crippen LogP contribution in [-0.4, -0.2) is 55.1 Å². The zero-order chi connectivity index (χ0) is 28.3. The van der Waals surface area contributed by atoms with Gasteiger partial charge in [-0.25, -0.2) is 9.78 Å². The molecule has 0 radical (unpaired) electrons. The minimum atomic E-state index is -0.970. The second kappa shape index (κ2) is 11.7. The molecule has 1 unspecified atom stereocenters. The molecular weight excluding hydrogens is 518 g/mol. The first-order valence-electron chi connectivity index (χ1n) is 12.6. The molecule has 0 saturated carbocycles. The lowest BCUT2D eigenvalue weighted by atomic mass is 9.95. The van der Waals surface area contributed by atoms with Gasteiger partial charge in [0, 0.05) is 25.3 Å². The molecule has 39 heavy (non-hydrogen) atoms. The van der Waals surface area contributed by atoms with E-state index in [1.54, 1.807) is 50.2 Å². The molecule has 1 atom stereocenters. The first-order valence-corrected chi connectivity index (χ1v) is 13.5. The normalized spacial score (nSPS) is 16.4. The number of ether oxygens (including phenoxy) is 2. The average Bonchev–Trinajstić information content (AvgIpc) is 3.43. The molecule has 2 heterocycles. The van der Waals surface area contributed by atoms with Crippen LogP contribution in [0, 0.1) is 6.92 Å². The van der Waals surface area contributed by atoms with Crippen LogP contribution in [0.25, 0.3) is 5.76 Å². The second-order valence-corrected chi connectivity index (χ2v) is 10.1. The van der Waals surface area contributed by atoms with Crippen LogP contribution in [0.1, 0.15) is 52.8 Å². The molecule has 4 rings (SSSR count). The molecule has 1 aliphatic rings. The number of aliphatic hydroxyl groups excluding tert-OH is 1. The number of esters is 1. The Morgan fingerprint density at radius 3 is 2.49 bits per heavy atom. The number of carbonyl (C=O) groups excluding carboxylic acids is 3. The molecule has 1 N–H and O–H groups in total. The Balaban J connectivity index is 1.88. The number of aromatic nitrogens is 1. The smallest absolute Gasteiger partial charge is 0.350 e. The molecule has 1 saturated heterocycles. The average molecular weight is 550 g/mol. The van der Waals surface area contributed by atoms with Gasteiger partial charge in [-0.1, -0.05) is 42.5 Å². The van der Waals surface area contributed by atoms with E-state index in [0.29, 0.717) is 29.2 Å². The van der Waals surface area contributed by atoms with Gasteiger partial charge < -0.3 is 19.5 Å². The Kier molecular flexibility index (Phi) is 8.35. The third kappa shape index (κ3) is 5.51. The van der Waals surface area contributed by atoms with Crippen LogP contribution in [0.5, 0.6) is 5.75 Å². The van der Waals surface area contributed by atoms with Crippen molar-refractivity contribution in [1.82, 2.24) is 4.98 Å². The largest absolute Gasteiger partial charge is 0.507 e. The van der Waals surface area contributed by atoms with Gasteiger partial charge in [-0.15, -0.1) is 0 Å². The fourth-order valence-corrected chi connectivity index (χ4v) is 5.27. The molecule has 1 aliphatic heterocycles. The third-order valence-corrected chi connectivity index (χ3v) is 7.34. The van der Waals surface area contributed by atoms with Gasteiger partial charge in [-0.3, -0.25) is 14.5 Å². The molecular formula is C29H31N3O6S. The lowest BCUT2D eigenvalue weighted by Crippen LogP contribution is -2.29. The lowest BCUT2D eigenvalue weighted by Gasteiger charge is -2.23. The van der Waals surface area contributed by atoms with Crippen LogP contribution in [0.2, 0.25) is 0 Å². The van der Waals surface area contributed by atoms with Crippen molar-refractivity contribution >= 4 is 45.6 Å². The summed E-state index contributed by atoms with van der Waals surface area (Å²) >= 11 is 0.973. The highest BCUT2D eigenvalue weighted by molar-refractivity contribution is 7.17. The van der Waals surface area contributed by atoms with Crippen LogP contribution >= 0.6 is 11.3 Å². The molecule has 2 aromatic carbocycles. The van der Waals surface area contributed by atoms with E-state index >= 15 is 0 Å². The summed E-state index contributed by atoms with van der Waals surface area (Å²) in [4.78, 5) is 47.3. The van der Waals surface area contributed by atoms with E-state index in [1.165, 1.54) is 4.90 Å². The van der Waals surface area contributed by atoms with Crippen molar-refractivity contribution in [2.45, 2.75) is 33.2 Å². The Labute approximate surface area is 231 Å². The third-order valence-electron chi connectivity index (χ3n) is 6.20. The number of nitrogens with zero attached hydrogens (tertiary/aromatic N) is 3. The first-order chi connectivity index (χ1) is 18.7. The zero-order valence-electron chi connectivity index (χ0n) is 22.6. The SMILES string of the molecule is CCCOc1cccc(/C(O)=C2\C(=O)C(=O)N(c3nc(C)c(C(=O)OCC)s3)C2c2ccc(N(C)C)cc2)c1. The number of hydrogen-bond donors (Lipinski definition) is 1. The van der Waals surface area contributed by atoms with E-state index in [-0.39, 0.29) is 27.9 Å². The predicted molar refractivity (Wildman–Crippen MR) is 151 cm³/mol. The topological polar surface area (TPSA) is 109 Å². The zero-order valence-corrected chi connectivity index (χ0v) is 23.4. The number of ketones is 1. The summed E-state index contributed by atoms with van der Waals surface area (Å²) in [6, 6.07) is 13.1. The molecule has 0 spiro atoms. The van der Waals surface area contributed by atoms with Crippen molar-refractivity contribution in [3.8, 4) is 5.75 Å². The minimum Gasteiger partial charge on any atom is -0.507 e. The van der Waals surface area contributed by atoms with Crippen LogP contribution in [-0.2, 0) is 14.3 Å². The molecule has 204 valence electrons. The summed E-state index contributed by atoms with van der Waals surface area (Å²) in [5, 5.41) is 11.6. The lowest BCUT2D eigenvalue weighted by molar-refractivity contribution is -0.132. The van der Waals surface area contributed by atoms with Gasteiger partial charge in [-0.2, -0.15) is 0 Å². The van der Waals surface area contributed by atoms with Gasteiger partial charge in [0.1, 0.15) is 16.4 Å².